The minimum atomic E-state index is -0.618. The van der Waals surface area contributed by atoms with E-state index in [2.05, 4.69) is 15.6 Å². The summed E-state index contributed by atoms with van der Waals surface area (Å²) in [7, 11) is 0. The van der Waals surface area contributed by atoms with Gasteiger partial charge in [-0.25, -0.2) is 0 Å². The van der Waals surface area contributed by atoms with Gasteiger partial charge in [-0.2, -0.15) is 0 Å². The molecule has 8 heteroatoms. The molecule has 1 amide bonds. The molecule has 1 aromatic carbocycles. The Balaban J connectivity index is 1.29. The van der Waals surface area contributed by atoms with Crippen molar-refractivity contribution in [1.82, 2.24) is 10.5 Å². The van der Waals surface area contributed by atoms with Crippen LogP contribution < -0.4 is 14.8 Å². The van der Waals surface area contributed by atoms with E-state index in [1.165, 1.54) is 0 Å². The number of rotatable bonds is 5. The topological polar surface area (TPSA) is 95.2 Å². The van der Waals surface area contributed by atoms with Crippen LogP contribution in [0.15, 0.2) is 33.9 Å². The third-order valence-corrected chi connectivity index (χ3v) is 3.98. The quantitative estimate of drug-likeness (QED) is 0.888. The molecule has 25 heavy (non-hydrogen) atoms. The second kappa shape index (κ2) is 6.46. The molecule has 0 fully saturated rings. The van der Waals surface area contributed by atoms with Crippen LogP contribution in [0.5, 0.6) is 11.5 Å². The largest absolute Gasteiger partial charge is 0.454 e. The van der Waals surface area contributed by atoms with Gasteiger partial charge in [-0.05, 0) is 24.6 Å². The van der Waals surface area contributed by atoms with Gasteiger partial charge in [0.15, 0.2) is 17.3 Å². The minimum absolute atomic E-state index is 0.224. The third kappa shape index (κ3) is 3.42. The smallest absolute Gasteiger partial charge is 0.264 e. The maximum atomic E-state index is 12.2. The highest BCUT2D eigenvalue weighted by atomic mass is 16.7. The van der Waals surface area contributed by atoms with Gasteiger partial charge in [0.1, 0.15) is 0 Å². The first-order chi connectivity index (χ1) is 12.2. The Morgan fingerprint density at radius 1 is 1.28 bits per heavy atom. The number of carbonyl (C=O) groups excluding carboxylic acids is 1. The summed E-state index contributed by atoms with van der Waals surface area (Å²) in [5, 5.41) is 10.6. The van der Waals surface area contributed by atoms with Crippen molar-refractivity contribution in [3.8, 4) is 11.5 Å². The van der Waals surface area contributed by atoms with Crippen LogP contribution in [0.4, 0.5) is 0 Å². The van der Waals surface area contributed by atoms with Gasteiger partial charge in [0.25, 0.3) is 5.91 Å². The highest BCUT2D eigenvalue weighted by Gasteiger charge is 2.28. The summed E-state index contributed by atoms with van der Waals surface area (Å²) < 4.78 is 15.7. The molecule has 8 nitrogen and oxygen atoms in total. The lowest BCUT2D eigenvalue weighted by atomic mass is 10.0. The van der Waals surface area contributed by atoms with Crippen LogP contribution in [0.25, 0.3) is 0 Å². The summed E-state index contributed by atoms with van der Waals surface area (Å²) in [6.45, 7) is 2.35. The second-order valence-electron chi connectivity index (χ2n) is 5.97. The molecule has 0 aliphatic carbocycles. The van der Waals surface area contributed by atoms with Crippen LogP contribution in [0.1, 0.15) is 23.4 Å². The van der Waals surface area contributed by atoms with Crippen molar-refractivity contribution in [2.45, 2.75) is 32.4 Å². The van der Waals surface area contributed by atoms with Crippen LogP contribution in [-0.2, 0) is 22.6 Å². The molecule has 0 unspecified atom stereocenters. The van der Waals surface area contributed by atoms with Crippen molar-refractivity contribution in [3.63, 3.8) is 0 Å². The van der Waals surface area contributed by atoms with Gasteiger partial charge >= 0.3 is 0 Å². The molecular formula is C17H17N3O5. The first kappa shape index (κ1) is 15.5. The van der Waals surface area contributed by atoms with Crippen LogP contribution in [0.3, 0.4) is 0 Å². The summed E-state index contributed by atoms with van der Waals surface area (Å²) >= 11 is 0. The maximum Gasteiger partial charge on any atom is 0.264 e. The van der Waals surface area contributed by atoms with Crippen molar-refractivity contribution in [3.05, 3.63) is 41.3 Å². The second-order valence-corrected chi connectivity index (χ2v) is 5.97. The number of aromatic nitrogens is 1. The van der Waals surface area contributed by atoms with E-state index in [0.717, 1.165) is 28.5 Å². The van der Waals surface area contributed by atoms with Gasteiger partial charge < -0.3 is 24.2 Å². The normalized spacial score (nSPS) is 18.0. The fraction of sp³-hybridized carbons (Fsp3) is 0.353. The lowest BCUT2D eigenvalue weighted by molar-refractivity contribution is -0.131. The molecule has 4 rings (SSSR count). The number of amides is 1. The number of ether oxygens (including phenoxy) is 2. The molecule has 0 saturated heterocycles. The zero-order valence-electron chi connectivity index (χ0n) is 13.7. The molecular weight excluding hydrogens is 326 g/mol. The molecule has 0 bridgehead atoms. The molecule has 0 spiro atoms. The fourth-order valence-corrected chi connectivity index (χ4v) is 2.75. The number of fused-ring (bicyclic) bond motifs is 1. The van der Waals surface area contributed by atoms with Gasteiger partial charge in [0.05, 0.1) is 18.0 Å². The predicted molar refractivity (Wildman–Crippen MR) is 86.3 cm³/mol. The first-order valence-electron chi connectivity index (χ1n) is 7.97. The van der Waals surface area contributed by atoms with Gasteiger partial charge in [0, 0.05) is 18.9 Å². The van der Waals surface area contributed by atoms with Crippen molar-refractivity contribution in [1.29, 1.82) is 0 Å². The molecule has 0 saturated carbocycles. The number of benzene rings is 1. The van der Waals surface area contributed by atoms with Crippen LogP contribution >= 0.6 is 0 Å². The zero-order valence-corrected chi connectivity index (χ0v) is 13.7. The van der Waals surface area contributed by atoms with E-state index in [4.69, 9.17) is 18.8 Å². The Morgan fingerprint density at radius 2 is 2.16 bits per heavy atom. The zero-order chi connectivity index (χ0) is 17.2. The molecule has 1 atom stereocenters. The van der Waals surface area contributed by atoms with E-state index in [1.54, 1.807) is 6.07 Å². The Bertz CT molecular complexity index is 829. The molecule has 0 radical (unpaired) electrons. The first-order valence-corrected chi connectivity index (χ1v) is 7.97. The van der Waals surface area contributed by atoms with E-state index in [0.29, 0.717) is 18.6 Å². The van der Waals surface area contributed by atoms with Gasteiger partial charge in [-0.3, -0.25) is 4.79 Å². The predicted octanol–water partition coefficient (Wildman–Crippen LogP) is 1.72. The summed E-state index contributed by atoms with van der Waals surface area (Å²) in [5.41, 5.74) is 2.62. The van der Waals surface area contributed by atoms with Crippen LogP contribution in [0, 0.1) is 6.92 Å². The number of carbonyl (C=O) groups is 1. The number of hydrogen-bond donors (Lipinski definition) is 1. The lowest BCUT2D eigenvalue weighted by Crippen LogP contribution is -2.34. The van der Waals surface area contributed by atoms with E-state index >= 15 is 0 Å². The average Bonchev–Trinajstić information content (AvgIpc) is 3.33. The van der Waals surface area contributed by atoms with Gasteiger partial charge in [0.2, 0.25) is 12.9 Å². The van der Waals surface area contributed by atoms with E-state index in [-0.39, 0.29) is 19.2 Å². The SMILES string of the molecule is Cc1cc(CNC(=O)[C@@H]2CC(Cc3ccc4c(c3)OCO4)=NO2)on1. The molecule has 1 aromatic heterocycles. The highest BCUT2D eigenvalue weighted by molar-refractivity contribution is 5.94. The van der Waals surface area contributed by atoms with Crippen molar-refractivity contribution in [2.75, 3.05) is 6.79 Å². The van der Waals surface area contributed by atoms with E-state index in [1.807, 2.05) is 25.1 Å². The van der Waals surface area contributed by atoms with E-state index < -0.39 is 6.10 Å². The summed E-state index contributed by atoms with van der Waals surface area (Å²) in [4.78, 5) is 17.4. The standard InChI is InChI=1S/C17H17N3O5/c1-10-4-13(24-19-10)8-18-17(21)16-7-12(20-25-16)5-11-2-3-14-15(6-11)23-9-22-14/h2-4,6,16H,5,7-9H2,1H3,(H,18,21)/t16-/m0/s1. The van der Waals surface area contributed by atoms with Crippen molar-refractivity contribution < 1.29 is 23.6 Å². The number of nitrogens with one attached hydrogen (secondary N) is 1. The number of aryl methyl sites for hydroxylation is 1. The number of nitrogens with zero attached hydrogens (tertiary/aromatic N) is 2. The van der Waals surface area contributed by atoms with Gasteiger partial charge in [-0.1, -0.05) is 16.4 Å². The molecule has 130 valence electrons. The van der Waals surface area contributed by atoms with Crippen molar-refractivity contribution in [2.24, 2.45) is 5.16 Å². The highest BCUT2D eigenvalue weighted by Crippen LogP contribution is 2.33. The number of hydrogen-bond acceptors (Lipinski definition) is 7. The third-order valence-electron chi connectivity index (χ3n) is 3.98. The lowest BCUT2D eigenvalue weighted by Gasteiger charge is -2.08. The number of oxime groups is 1. The van der Waals surface area contributed by atoms with E-state index in [9.17, 15) is 4.79 Å². The van der Waals surface area contributed by atoms with Gasteiger partial charge in [-0.15, -0.1) is 0 Å². The summed E-state index contributed by atoms with van der Waals surface area (Å²) in [6, 6.07) is 7.52. The summed E-state index contributed by atoms with van der Waals surface area (Å²) in [5.74, 6) is 1.85. The van der Waals surface area contributed by atoms with Crippen LogP contribution in [-0.4, -0.2) is 29.7 Å². The molecule has 2 aliphatic heterocycles. The Hall–Kier alpha value is -3.03. The summed E-state index contributed by atoms with van der Waals surface area (Å²) in [6.07, 6.45) is 0.435. The Morgan fingerprint density at radius 3 is 3.00 bits per heavy atom. The molecule has 3 heterocycles. The fourth-order valence-electron chi connectivity index (χ4n) is 2.75. The minimum Gasteiger partial charge on any atom is -0.454 e. The molecule has 2 aromatic rings. The average molecular weight is 343 g/mol. The monoisotopic (exact) mass is 343 g/mol. The Kier molecular flexibility index (Phi) is 4.01. The van der Waals surface area contributed by atoms with Crippen molar-refractivity contribution >= 4 is 11.6 Å². The Labute approximate surface area is 143 Å². The molecule has 1 N–H and O–H groups in total. The maximum absolute atomic E-state index is 12.2. The molecule has 2 aliphatic rings. The van der Waals surface area contributed by atoms with Crippen LogP contribution in [0.2, 0.25) is 0 Å².